The van der Waals surface area contributed by atoms with E-state index in [1.165, 1.54) is 124 Å². The summed E-state index contributed by atoms with van der Waals surface area (Å²) >= 11 is 0. The van der Waals surface area contributed by atoms with Crippen molar-refractivity contribution in [1.82, 2.24) is 43.6 Å². The SMILES string of the molecule is c1ccc(-c2ccc(-c3nc4ccccc4nc3-n3c4cccc5c6ccccc6c6cccc7oc8ccc3c(c8c76)c54)cc2)cc1.c1ccc(-c2cccc(-c3nc4ccccc4nc3-n3c4cccc5c6ccccc6c6cccc7oc8ccc3c(c8c76)c54)c2)cc1.c1ccc(-c2nc3ccc(-n4c5cccc6c7ccccc7c7cccc8oc9ccc4c(c9c87)c65)cc3nc2-c2ccccc2)cc1. The van der Waals surface area contributed by atoms with Gasteiger partial charge >= 0.3 is 0 Å². The van der Waals surface area contributed by atoms with E-state index in [-0.39, 0.29) is 0 Å². The summed E-state index contributed by atoms with van der Waals surface area (Å²) < 4.78 is 26.7. The quantitative estimate of drug-likeness (QED) is 0.139. The van der Waals surface area contributed by atoms with Crippen LogP contribution in [0.4, 0.5) is 0 Å². The smallest absolute Gasteiger partial charge is 0.165 e. The maximum Gasteiger partial charge on any atom is 0.165 e. The van der Waals surface area contributed by atoms with E-state index >= 15 is 0 Å². The van der Waals surface area contributed by atoms with E-state index in [0.717, 1.165) is 189 Å². The van der Waals surface area contributed by atoms with Gasteiger partial charge in [0.25, 0.3) is 0 Å². The summed E-state index contributed by atoms with van der Waals surface area (Å²) in [7, 11) is 0. The number of rotatable bonds is 9. The minimum atomic E-state index is 0.802. The van der Waals surface area contributed by atoms with Crippen LogP contribution in [0.5, 0.6) is 0 Å². The van der Waals surface area contributed by atoms with Crippen LogP contribution in [-0.4, -0.2) is 43.6 Å². The molecular formula is C132H75N9O3. The van der Waals surface area contributed by atoms with Crippen molar-refractivity contribution >= 4 is 229 Å². The van der Waals surface area contributed by atoms with Crippen LogP contribution >= 0.6 is 0 Å². The minimum absolute atomic E-state index is 0.802. The Morgan fingerprint density at radius 3 is 0.819 bits per heavy atom. The van der Waals surface area contributed by atoms with Gasteiger partial charge in [-0.25, -0.2) is 29.9 Å². The Bertz CT molecular complexity index is 11100. The molecule has 0 N–H and O–H groups in total. The van der Waals surface area contributed by atoms with E-state index in [0.29, 0.717) is 0 Å². The molecule has 0 bridgehead atoms. The summed E-state index contributed by atoms with van der Waals surface area (Å²) in [5, 5.41) is 28.6. The highest BCUT2D eigenvalue weighted by molar-refractivity contribution is 6.42. The maximum absolute atomic E-state index is 6.57. The zero-order valence-corrected chi connectivity index (χ0v) is 77.1. The van der Waals surface area contributed by atoms with Crippen molar-refractivity contribution in [2.24, 2.45) is 0 Å². The van der Waals surface area contributed by atoms with E-state index in [1.54, 1.807) is 0 Å². The number of aromatic nitrogens is 9. The number of furan rings is 3. The van der Waals surface area contributed by atoms with Crippen molar-refractivity contribution < 1.29 is 13.3 Å². The van der Waals surface area contributed by atoms with Crippen LogP contribution in [0.2, 0.25) is 0 Å². The Balaban J connectivity index is 0.0000000986. The third-order valence-corrected chi connectivity index (χ3v) is 29.8. The van der Waals surface area contributed by atoms with Gasteiger partial charge in [0, 0.05) is 92.6 Å². The molecule has 12 heteroatoms. The molecule has 144 heavy (non-hydrogen) atoms. The first-order valence-electron chi connectivity index (χ1n) is 48.8. The average Bonchev–Trinajstić information content (AvgIpc) is 1.54. The van der Waals surface area contributed by atoms with E-state index in [1.807, 2.05) is 78.9 Å². The number of hydrogen-bond donors (Lipinski definition) is 0. The van der Waals surface area contributed by atoms with E-state index < -0.39 is 0 Å². The van der Waals surface area contributed by atoms with Crippen LogP contribution in [0.15, 0.2) is 468 Å². The lowest BCUT2D eigenvalue weighted by Crippen LogP contribution is -2.03. The molecule has 9 heterocycles. The highest BCUT2D eigenvalue weighted by Crippen LogP contribution is 2.54. The first-order valence-corrected chi connectivity index (χ1v) is 48.8. The van der Waals surface area contributed by atoms with Crippen LogP contribution in [0, 0.1) is 0 Å². The molecule has 0 aliphatic rings. The third kappa shape index (κ3) is 11.8. The van der Waals surface area contributed by atoms with Gasteiger partial charge in [-0.1, -0.05) is 334 Å². The van der Waals surface area contributed by atoms with Crippen molar-refractivity contribution in [3.63, 3.8) is 0 Å². The number of benzene rings is 21. The molecule has 0 saturated carbocycles. The summed E-state index contributed by atoms with van der Waals surface area (Å²) in [6, 6.07) is 160. The van der Waals surface area contributed by atoms with Gasteiger partial charge in [0.15, 0.2) is 11.6 Å². The van der Waals surface area contributed by atoms with E-state index in [9.17, 15) is 0 Å². The molecule has 0 fully saturated rings. The standard InChI is InChI=1S/3C44H25N3O/c1-3-11-26(12-4-1)43-44(27-13-5-2-6-14-27)46-34-25-28(21-22-33(34)45-43)47-35-19-9-17-31-29-15-7-8-16-30(29)32-18-10-20-37-40(32)42-38(48-37)24-23-36(47)41(42)39(31)35;1-2-11-26(12-3-1)27-13-8-14-28(25-27)43-44(46-34-20-7-6-19-33(34)45-43)47-35-21-9-17-31-29-15-4-5-16-30(29)32-18-10-22-37-40(32)42-38(48-37)24-23-36(47)41(42)39(31)35;1-2-10-26(11-3-1)27-20-22-28(23-21-27)43-44(46-34-17-7-6-16-33(34)45-43)47-35-18-8-14-31-29-12-4-5-13-30(29)32-15-9-19-37-40(32)42-38(48-37)25-24-36(47)41(42)39(31)35/h3*1-25H. The molecule has 12 nitrogen and oxygen atoms in total. The lowest BCUT2D eigenvalue weighted by Gasteiger charge is -2.14. The molecule has 9 aromatic heterocycles. The highest BCUT2D eigenvalue weighted by Gasteiger charge is 2.31. The highest BCUT2D eigenvalue weighted by atomic mass is 16.3. The van der Waals surface area contributed by atoms with Crippen LogP contribution < -0.4 is 0 Å². The van der Waals surface area contributed by atoms with Gasteiger partial charge in [0.2, 0.25) is 0 Å². The Hall–Kier alpha value is -19.6. The molecule has 33 rings (SSSR count). The molecular weight excluding hydrogens is 1760 g/mol. The van der Waals surface area contributed by atoms with E-state index in [4.69, 9.17) is 43.2 Å². The van der Waals surface area contributed by atoms with Crippen LogP contribution in [0.1, 0.15) is 0 Å². The summed E-state index contributed by atoms with van der Waals surface area (Å²) in [5.41, 5.74) is 30.4. The predicted octanol–water partition coefficient (Wildman–Crippen LogP) is 35.1. The molecule has 0 aliphatic heterocycles. The number of fused-ring (bicyclic) bond motifs is 12. The van der Waals surface area contributed by atoms with Gasteiger partial charge < -0.3 is 17.8 Å². The Morgan fingerprint density at radius 1 is 0.139 bits per heavy atom. The normalized spacial score (nSPS) is 12.2. The van der Waals surface area contributed by atoms with Crippen molar-refractivity contribution in [3.8, 4) is 84.6 Å². The molecule has 0 aliphatic carbocycles. The first-order chi connectivity index (χ1) is 71.4. The van der Waals surface area contributed by atoms with Crippen LogP contribution in [-0.2, 0) is 0 Å². The molecule has 0 unspecified atom stereocenters. The van der Waals surface area contributed by atoms with Crippen LogP contribution in [0.25, 0.3) is 314 Å². The average molecular weight is 1840 g/mol. The molecule has 0 saturated heterocycles. The second-order valence-electron chi connectivity index (χ2n) is 37.6. The van der Waals surface area contributed by atoms with Gasteiger partial charge in [-0.2, -0.15) is 0 Å². The van der Waals surface area contributed by atoms with E-state index in [2.05, 4.69) is 390 Å². The fourth-order valence-electron chi connectivity index (χ4n) is 23.7. The third-order valence-electron chi connectivity index (χ3n) is 29.8. The molecule has 33 aromatic rings. The number of nitrogens with zero attached hydrogens (tertiary/aromatic N) is 9. The lowest BCUT2D eigenvalue weighted by atomic mass is 9.95. The van der Waals surface area contributed by atoms with Crippen molar-refractivity contribution in [2.45, 2.75) is 0 Å². The summed E-state index contributed by atoms with van der Waals surface area (Å²) in [5.74, 6) is 1.61. The van der Waals surface area contributed by atoms with Crippen molar-refractivity contribution in [3.05, 3.63) is 455 Å². The Kier molecular flexibility index (Phi) is 17.1. The van der Waals surface area contributed by atoms with Gasteiger partial charge in [0.1, 0.15) is 44.9 Å². The Morgan fingerprint density at radius 2 is 0.403 bits per heavy atom. The summed E-state index contributed by atoms with van der Waals surface area (Å²) in [6.07, 6.45) is 0. The molecule has 0 spiro atoms. The molecule has 0 amide bonds. The maximum atomic E-state index is 6.57. The molecule has 24 aromatic carbocycles. The molecule has 0 atom stereocenters. The molecule has 0 radical (unpaired) electrons. The zero-order valence-electron chi connectivity index (χ0n) is 77.1. The largest absolute Gasteiger partial charge is 0.456 e. The lowest BCUT2D eigenvalue weighted by molar-refractivity contribution is 0.669. The first kappa shape index (κ1) is 79.5. The number of hydrogen-bond acceptors (Lipinski definition) is 9. The van der Waals surface area contributed by atoms with Gasteiger partial charge in [-0.05, 0) is 208 Å². The second-order valence-corrected chi connectivity index (χ2v) is 37.6. The zero-order chi connectivity index (χ0) is 94.0. The van der Waals surface area contributed by atoms with Gasteiger partial charge in [-0.15, -0.1) is 0 Å². The second kappa shape index (κ2) is 31.0. The fraction of sp³-hybridized carbons (Fsp3) is 0. The van der Waals surface area contributed by atoms with Gasteiger partial charge in [0.05, 0.1) is 77.6 Å². The van der Waals surface area contributed by atoms with Crippen molar-refractivity contribution in [1.29, 1.82) is 0 Å². The number of para-hydroxylation sites is 4. The molecule has 666 valence electrons. The van der Waals surface area contributed by atoms with Crippen molar-refractivity contribution in [2.75, 3.05) is 0 Å². The summed E-state index contributed by atoms with van der Waals surface area (Å²) in [4.78, 5) is 32.0. The monoisotopic (exact) mass is 1830 g/mol. The predicted molar refractivity (Wildman–Crippen MR) is 595 cm³/mol. The van der Waals surface area contributed by atoms with Crippen LogP contribution in [0.3, 0.4) is 0 Å². The Labute approximate surface area is 819 Å². The van der Waals surface area contributed by atoms with Gasteiger partial charge in [-0.3, -0.25) is 9.13 Å². The summed E-state index contributed by atoms with van der Waals surface area (Å²) in [6.45, 7) is 0. The fourth-order valence-corrected chi connectivity index (χ4v) is 23.7. The topological polar surface area (TPSA) is 132 Å². The minimum Gasteiger partial charge on any atom is -0.456 e.